The first kappa shape index (κ1) is 77.2. The summed E-state index contributed by atoms with van der Waals surface area (Å²) in [6, 6.07) is 47.2. The molecule has 0 unspecified atom stereocenters. The van der Waals surface area contributed by atoms with Crippen molar-refractivity contribution in [2.24, 2.45) is 5.11 Å². The van der Waals surface area contributed by atoms with Crippen LogP contribution in [0.2, 0.25) is 0 Å². The van der Waals surface area contributed by atoms with E-state index in [1.165, 1.54) is 48.0 Å². The number of fused-ring (bicyclic) bond motifs is 3. The number of alkyl halides is 18. The minimum atomic E-state index is -4.94. The maximum atomic E-state index is 13.2. The summed E-state index contributed by atoms with van der Waals surface area (Å²) in [5, 5.41) is 34.3. The number of hydrogen-bond acceptors (Lipinski definition) is 11. The average molecular weight is 1410 g/mol. The summed E-state index contributed by atoms with van der Waals surface area (Å²) in [7, 11) is 1.48. The molecule has 1 aromatic heterocycles. The zero-order chi connectivity index (χ0) is 73.8. The number of halogens is 18. The van der Waals surface area contributed by atoms with Crippen molar-refractivity contribution in [3.05, 3.63) is 249 Å². The molecule has 100 heavy (non-hydrogen) atoms. The molecule has 10 aromatic rings. The lowest BCUT2D eigenvalue weighted by Crippen LogP contribution is -2.39. The van der Waals surface area contributed by atoms with Crippen LogP contribution in [0.5, 0.6) is 17.2 Å². The lowest BCUT2D eigenvalue weighted by molar-refractivity contribution is -0.144. The standard InChI is InChI=1S/C22H17F6N3O.C21H13F6N3O.C11H9N3O.C10H4F6.2C2H3N/c1-30-20(16-8-17(21(23,24)25)11-18(9-16)22(26,27)28)12-31(29-30)13-32-19-7-6-14-4-2-3-5-15(14)10-19;22-20(23,24)16-7-15(8-17(10-16)21(25,26)27)19-11-30(29-28-19)12-31-18-6-5-13-3-1-2-4-14(13)9-18;12-14-13-8-15-11-6-5-9-3-1-2-4-10(9)7-11;1-2-6-3-7(9(11,12)13)5-8(4-6)10(14,15)16;2*1-2-3/h2-12,29H,13H2,1H3;1-11H,12H2;1-7H,8H2;1,3-5H;2*1H3. The van der Waals surface area contributed by atoms with Gasteiger partial charge in [-0.2, -0.15) is 89.6 Å². The van der Waals surface area contributed by atoms with Crippen LogP contribution in [0, 0.1) is 35.0 Å². The van der Waals surface area contributed by atoms with Gasteiger partial charge in [0.25, 0.3) is 0 Å². The maximum Gasteiger partial charge on any atom is 0.416 e. The van der Waals surface area contributed by atoms with Gasteiger partial charge in [-0.15, -0.1) is 17.1 Å². The Morgan fingerprint density at radius 3 is 1.18 bits per heavy atom. The fraction of sp³-hybridized carbons (Fsp3) is 0.176. The third-order valence-electron chi connectivity index (χ3n) is 13.2. The Morgan fingerprint density at radius 2 is 0.820 bits per heavy atom. The molecule has 32 heteroatoms. The molecular weight excluding hydrogens is 1360 g/mol. The van der Waals surface area contributed by atoms with Crippen LogP contribution in [0.25, 0.3) is 59.7 Å². The first-order chi connectivity index (χ1) is 47.0. The summed E-state index contributed by atoms with van der Waals surface area (Å²) in [5.74, 6) is 3.55. The normalized spacial score (nSPS) is 12.1. The minimum Gasteiger partial charge on any atom is -0.488 e. The quantitative estimate of drug-likeness (QED) is 0.0432. The van der Waals surface area contributed by atoms with E-state index in [1.807, 2.05) is 109 Å². The molecule has 0 saturated carbocycles. The largest absolute Gasteiger partial charge is 0.488 e. The van der Waals surface area contributed by atoms with E-state index in [9.17, 15) is 79.0 Å². The molecule has 0 amide bonds. The second kappa shape index (κ2) is 33.4. The van der Waals surface area contributed by atoms with Gasteiger partial charge in [-0.05, 0) is 129 Å². The van der Waals surface area contributed by atoms with Crippen LogP contribution in [-0.4, -0.2) is 45.5 Å². The van der Waals surface area contributed by atoms with Gasteiger partial charge in [-0.25, -0.2) is 4.68 Å². The smallest absolute Gasteiger partial charge is 0.416 e. The Hall–Kier alpha value is -11.8. The van der Waals surface area contributed by atoms with Crippen LogP contribution in [0.3, 0.4) is 0 Å². The summed E-state index contributed by atoms with van der Waals surface area (Å²) in [4.78, 5) is 2.61. The van der Waals surface area contributed by atoms with Crippen molar-refractivity contribution < 1.29 is 93.2 Å². The van der Waals surface area contributed by atoms with Gasteiger partial charge in [0.1, 0.15) is 22.9 Å². The van der Waals surface area contributed by atoms with Crippen LogP contribution in [0.1, 0.15) is 58.4 Å². The number of rotatable bonds is 11. The molecule has 1 aliphatic rings. The molecule has 11 rings (SSSR count). The first-order valence-electron chi connectivity index (χ1n) is 28.2. The number of hydrazine groups is 2. The summed E-state index contributed by atoms with van der Waals surface area (Å²) in [5.41, 5.74) is 1.47. The fourth-order valence-corrected chi connectivity index (χ4v) is 8.77. The van der Waals surface area contributed by atoms with Crippen LogP contribution in [0.4, 0.5) is 79.0 Å². The summed E-state index contributed by atoms with van der Waals surface area (Å²) in [6.07, 6.45) is -22.0. The number of nitrogens with one attached hydrogen (secondary N) is 1. The van der Waals surface area contributed by atoms with Gasteiger partial charge in [-0.1, -0.05) is 107 Å². The number of hydrogen-bond donors (Lipinski definition) is 1. The van der Waals surface area contributed by atoms with Crippen LogP contribution in [-0.2, 0) is 43.8 Å². The Balaban J connectivity index is 0.000000214. The summed E-state index contributed by atoms with van der Waals surface area (Å²) in [6.45, 7) is 2.72. The van der Waals surface area contributed by atoms with E-state index in [-0.39, 0.29) is 60.9 Å². The molecule has 2 heterocycles. The van der Waals surface area contributed by atoms with Crippen molar-refractivity contribution >= 4 is 38.0 Å². The monoisotopic (exact) mass is 1410 g/mol. The van der Waals surface area contributed by atoms with E-state index < -0.39 is 76.0 Å². The van der Waals surface area contributed by atoms with Gasteiger partial charge in [0, 0.05) is 48.7 Å². The number of terminal acetylenes is 1. The molecule has 1 N–H and O–H groups in total. The molecule has 9 aromatic carbocycles. The van der Waals surface area contributed by atoms with Crippen molar-refractivity contribution in [1.29, 1.82) is 10.5 Å². The zero-order valence-corrected chi connectivity index (χ0v) is 51.7. The van der Waals surface area contributed by atoms with E-state index in [1.54, 1.807) is 36.3 Å². The highest BCUT2D eigenvalue weighted by atomic mass is 19.4. The molecule has 0 atom stereocenters. The number of azide groups is 1. The predicted octanol–water partition coefficient (Wildman–Crippen LogP) is 20.3. The van der Waals surface area contributed by atoms with Crippen molar-refractivity contribution in [2.45, 2.75) is 57.6 Å². The molecule has 0 aliphatic carbocycles. The van der Waals surface area contributed by atoms with E-state index in [0.29, 0.717) is 53.6 Å². The van der Waals surface area contributed by atoms with Gasteiger partial charge < -0.3 is 14.2 Å². The molecule has 14 nitrogen and oxygen atoms in total. The maximum absolute atomic E-state index is 13.2. The van der Waals surface area contributed by atoms with Crippen LogP contribution >= 0.6 is 0 Å². The highest BCUT2D eigenvalue weighted by Gasteiger charge is 2.40. The Kier molecular flexibility index (Phi) is 25.8. The first-order valence-corrected chi connectivity index (χ1v) is 28.2. The Labute approximate surface area is 556 Å². The molecule has 1 aliphatic heterocycles. The van der Waals surface area contributed by atoms with E-state index in [4.69, 9.17) is 36.7 Å². The SMILES string of the molecule is C#Cc1cc(C(F)(F)F)cc(C(F)(F)F)c1.CC#N.CC#N.CN1NN(COc2ccc3ccccc3c2)C=C1c1cc(C(F)(F)F)cc(C(F)(F)F)c1.FC(F)(F)c1cc(-c2cn(COc3ccc4ccccc4c3)nn2)cc(C(F)(F)F)c1.[N-]=[N+]=NCOc1ccc2ccccc2c1. The van der Waals surface area contributed by atoms with Crippen LogP contribution < -0.4 is 19.7 Å². The lowest BCUT2D eigenvalue weighted by atomic mass is 10.0. The van der Waals surface area contributed by atoms with Gasteiger partial charge in [-0.3, -0.25) is 10.0 Å². The molecule has 520 valence electrons. The lowest BCUT2D eigenvalue weighted by Gasteiger charge is -2.21. The Bertz CT molecular complexity index is 4540. The number of nitriles is 2. The average Bonchev–Trinajstić information content (AvgIpc) is 1.46. The number of ether oxygens (including phenoxy) is 3. The van der Waals surface area contributed by atoms with Gasteiger partial charge in [0.15, 0.2) is 20.2 Å². The van der Waals surface area contributed by atoms with E-state index in [2.05, 4.69) is 25.9 Å². The Morgan fingerprint density at radius 1 is 0.480 bits per heavy atom. The predicted molar refractivity (Wildman–Crippen MR) is 332 cm³/mol. The van der Waals surface area contributed by atoms with Crippen molar-refractivity contribution in [3.8, 4) is 53.0 Å². The molecule has 0 saturated heterocycles. The fourth-order valence-electron chi connectivity index (χ4n) is 8.77. The number of nitrogens with zero attached hydrogens (tertiary/aromatic N) is 10. The minimum absolute atomic E-state index is 0.0227. The second-order valence-electron chi connectivity index (χ2n) is 20.3. The van der Waals surface area contributed by atoms with Crippen molar-refractivity contribution in [3.63, 3.8) is 0 Å². The topological polar surface area (TPSA) is 173 Å². The van der Waals surface area contributed by atoms with Crippen LogP contribution in [0.15, 0.2) is 200 Å². The molecule has 0 radical (unpaired) electrons. The van der Waals surface area contributed by atoms with Crippen molar-refractivity contribution in [2.75, 3.05) is 20.5 Å². The second-order valence-corrected chi connectivity index (χ2v) is 20.3. The van der Waals surface area contributed by atoms with E-state index in [0.717, 1.165) is 32.3 Å². The van der Waals surface area contributed by atoms with Gasteiger partial charge in [0.2, 0.25) is 0 Å². The molecule has 0 fully saturated rings. The highest BCUT2D eigenvalue weighted by molar-refractivity contribution is 5.85. The highest BCUT2D eigenvalue weighted by Crippen LogP contribution is 2.41. The molecular formula is C68H49F18N11O3. The van der Waals surface area contributed by atoms with Crippen molar-refractivity contribution in [1.82, 2.24) is 30.5 Å². The van der Waals surface area contributed by atoms with Gasteiger partial charge in [0.05, 0.1) is 57.4 Å². The number of benzene rings is 9. The number of aromatic nitrogens is 3. The van der Waals surface area contributed by atoms with E-state index >= 15 is 0 Å². The third kappa shape index (κ3) is 22.6. The van der Waals surface area contributed by atoms with Gasteiger partial charge >= 0.3 is 37.1 Å². The molecule has 0 spiro atoms. The molecule has 0 bridgehead atoms. The zero-order valence-electron chi connectivity index (χ0n) is 51.7. The third-order valence-corrected chi connectivity index (χ3v) is 13.2. The summed E-state index contributed by atoms with van der Waals surface area (Å²) < 4.78 is 248. The summed E-state index contributed by atoms with van der Waals surface area (Å²) >= 11 is 0.